The molecule has 1 N–H and O–H groups in total. The normalized spacial score (nSPS) is 18.4. The summed E-state index contributed by atoms with van der Waals surface area (Å²) in [5.41, 5.74) is 2.13. The molecule has 1 fully saturated rings. The molecule has 0 unspecified atom stereocenters. The summed E-state index contributed by atoms with van der Waals surface area (Å²) in [5.74, 6) is 0.174. The quantitative estimate of drug-likeness (QED) is 0.822. The fraction of sp³-hybridized carbons (Fsp3) is 0.524. The third-order valence-corrected chi connectivity index (χ3v) is 7.52. The van der Waals surface area contributed by atoms with Gasteiger partial charge in [-0.15, -0.1) is 11.3 Å². The molecular weight excluding hydrogens is 376 g/mol. The second-order valence-corrected chi connectivity index (χ2v) is 9.44. The zero-order chi connectivity index (χ0) is 18.6. The van der Waals surface area contributed by atoms with E-state index in [0.717, 1.165) is 49.2 Å². The first-order chi connectivity index (χ1) is 13.2. The van der Waals surface area contributed by atoms with Crippen molar-refractivity contribution in [2.24, 2.45) is 0 Å². The fourth-order valence-electron chi connectivity index (χ4n) is 3.99. The molecule has 27 heavy (non-hydrogen) atoms. The molecule has 0 radical (unpaired) electrons. The molecule has 6 heteroatoms. The van der Waals surface area contributed by atoms with Crippen molar-refractivity contribution in [1.82, 2.24) is 10.2 Å². The van der Waals surface area contributed by atoms with Gasteiger partial charge in [0.1, 0.15) is 0 Å². The summed E-state index contributed by atoms with van der Waals surface area (Å²) in [6.07, 6.45) is 9.01. The Bertz CT molecular complexity index is 764. The molecule has 4 nitrogen and oxygen atoms in total. The van der Waals surface area contributed by atoms with Crippen LogP contribution >= 0.6 is 22.7 Å². The van der Waals surface area contributed by atoms with Crippen LogP contribution < -0.4 is 5.32 Å². The highest BCUT2D eigenvalue weighted by Crippen LogP contribution is 2.30. The second-order valence-electron chi connectivity index (χ2n) is 7.53. The summed E-state index contributed by atoms with van der Waals surface area (Å²) < 4.78 is 0. The number of aryl methyl sites for hydroxylation is 2. The smallest absolute Gasteiger partial charge is 0.263 e. The molecule has 1 aliphatic heterocycles. The lowest BCUT2D eigenvalue weighted by Gasteiger charge is -2.32. The molecule has 0 bridgehead atoms. The Morgan fingerprint density at radius 1 is 1.07 bits per heavy atom. The molecule has 3 heterocycles. The van der Waals surface area contributed by atoms with Gasteiger partial charge in [-0.2, -0.15) is 11.3 Å². The van der Waals surface area contributed by atoms with Crippen LogP contribution in [0.1, 0.15) is 69.0 Å². The highest BCUT2D eigenvalue weighted by atomic mass is 32.1. The van der Waals surface area contributed by atoms with E-state index in [1.165, 1.54) is 47.5 Å². The Hall–Kier alpha value is -1.66. The number of amides is 2. The Labute approximate surface area is 168 Å². The Balaban J connectivity index is 1.33. The number of likely N-dealkylation sites (tertiary alicyclic amines) is 1. The highest BCUT2D eigenvalue weighted by Gasteiger charge is 2.26. The van der Waals surface area contributed by atoms with E-state index in [0.29, 0.717) is 0 Å². The van der Waals surface area contributed by atoms with Gasteiger partial charge in [-0.1, -0.05) is 12.8 Å². The minimum Gasteiger partial charge on any atom is -0.349 e. The van der Waals surface area contributed by atoms with Crippen molar-refractivity contribution >= 4 is 34.5 Å². The molecule has 1 saturated heterocycles. The third-order valence-electron chi connectivity index (χ3n) is 5.61. The first kappa shape index (κ1) is 18.7. The van der Waals surface area contributed by atoms with E-state index in [-0.39, 0.29) is 17.9 Å². The van der Waals surface area contributed by atoms with Gasteiger partial charge in [-0.25, -0.2) is 0 Å². The molecule has 0 spiro atoms. The molecule has 0 saturated carbocycles. The lowest BCUT2D eigenvalue weighted by Crippen LogP contribution is -2.46. The Kier molecular flexibility index (Phi) is 5.93. The maximum Gasteiger partial charge on any atom is 0.263 e. The molecule has 2 aliphatic rings. The number of carbonyl (C=O) groups excluding carboxylic acids is 2. The summed E-state index contributed by atoms with van der Waals surface area (Å²) >= 11 is 3.24. The maximum absolute atomic E-state index is 13.0. The van der Waals surface area contributed by atoms with Crippen LogP contribution in [0.2, 0.25) is 0 Å². The number of hydrogen-bond donors (Lipinski definition) is 1. The van der Waals surface area contributed by atoms with Gasteiger partial charge in [0.05, 0.1) is 4.88 Å². The Morgan fingerprint density at radius 2 is 1.85 bits per heavy atom. The van der Waals surface area contributed by atoms with Gasteiger partial charge < -0.3 is 10.2 Å². The van der Waals surface area contributed by atoms with Crippen molar-refractivity contribution in [3.05, 3.63) is 43.8 Å². The number of carbonyl (C=O) groups is 2. The standard InChI is InChI=1S/C21H26N2O2S2/c24-20(16-9-12-26-14-16)22-17-7-10-23(11-8-17)21(25)19-13-15-5-3-1-2-4-6-18(15)27-19/h9,12-14,17H,1-8,10-11H2,(H,22,24). The van der Waals surface area contributed by atoms with E-state index in [2.05, 4.69) is 11.4 Å². The minimum absolute atomic E-state index is 0.000844. The van der Waals surface area contributed by atoms with E-state index in [1.807, 2.05) is 21.7 Å². The van der Waals surface area contributed by atoms with Crippen LogP contribution in [-0.4, -0.2) is 35.8 Å². The molecule has 2 aromatic heterocycles. The van der Waals surface area contributed by atoms with Crippen molar-refractivity contribution in [2.45, 2.75) is 57.4 Å². The predicted molar refractivity (Wildman–Crippen MR) is 111 cm³/mol. The molecule has 2 aromatic rings. The molecule has 1 aliphatic carbocycles. The lowest BCUT2D eigenvalue weighted by atomic mass is 9.99. The first-order valence-electron chi connectivity index (χ1n) is 9.94. The van der Waals surface area contributed by atoms with Crippen LogP contribution in [0.15, 0.2) is 22.9 Å². The summed E-state index contributed by atoms with van der Waals surface area (Å²) in [5, 5.41) is 6.90. The van der Waals surface area contributed by atoms with E-state index in [1.54, 1.807) is 11.3 Å². The zero-order valence-electron chi connectivity index (χ0n) is 15.5. The first-order valence-corrected chi connectivity index (χ1v) is 11.7. The van der Waals surface area contributed by atoms with Gasteiger partial charge in [-0.05, 0) is 61.6 Å². The van der Waals surface area contributed by atoms with Crippen LogP contribution in [0.25, 0.3) is 0 Å². The summed E-state index contributed by atoms with van der Waals surface area (Å²) in [7, 11) is 0. The average molecular weight is 403 g/mol. The number of rotatable bonds is 3. The zero-order valence-corrected chi connectivity index (χ0v) is 17.2. The van der Waals surface area contributed by atoms with Crippen LogP contribution in [0.3, 0.4) is 0 Å². The van der Waals surface area contributed by atoms with E-state index >= 15 is 0 Å². The number of nitrogens with one attached hydrogen (secondary N) is 1. The van der Waals surface area contributed by atoms with Crippen LogP contribution in [0.5, 0.6) is 0 Å². The number of thiophene rings is 2. The maximum atomic E-state index is 13.0. The van der Waals surface area contributed by atoms with Gasteiger partial charge in [0.15, 0.2) is 0 Å². The minimum atomic E-state index is -0.000844. The second kappa shape index (κ2) is 8.57. The van der Waals surface area contributed by atoms with Gasteiger partial charge in [0.2, 0.25) is 0 Å². The summed E-state index contributed by atoms with van der Waals surface area (Å²) in [4.78, 5) is 29.4. The lowest BCUT2D eigenvalue weighted by molar-refractivity contribution is 0.0702. The van der Waals surface area contributed by atoms with E-state index in [4.69, 9.17) is 0 Å². The van der Waals surface area contributed by atoms with Crippen molar-refractivity contribution in [2.75, 3.05) is 13.1 Å². The van der Waals surface area contributed by atoms with Crippen molar-refractivity contribution < 1.29 is 9.59 Å². The average Bonchev–Trinajstić information content (AvgIpc) is 3.32. The number of nitrogens with zero attached hydrogens (tertiary/aromatic N) is 1. The van der Waals surface area contributed by atoms with E-state index < -0.39 is 0 Å². The molecular formula is C21H26N2O2S2. The highest BCUT2D eigenvalue weighted by molar-refractivity contribution is 7.14. The van der Waals surface area contributed by atoms with Crippen LogP contribution in [0.4, 0.5) is 0 Å². The van der Waals surface area contributed by atoms with E-state index in [9.17, 15) is 9.59 Å². The summed E-state index contributed by atoms with van der Waals surface area (Å²) in [6, 6.07) is 4.16. The molecule has 0 aromatic carbocycles. The SMILES string of the molecule is O=C(NC1CCN(C(=O)c2cc3c(s2)CCCCCC3)CC1)c1ccsc1. The van der Waals surface area contributed by atoms with Crippen molar-refractivity contribution in [3.63, 3.8) is 0 Å². The van der Waals surface area contributed by atoms with Gasteiger partial charge in [0, 0.05) is 35.0 Å². The number of piperidine rings is 1. The largest absolute Gasteiger partial charge is 0.349 e. The van der Waals surface area contributed by atoms with Gasteiger partial charge in [-0.3, -0.25) is 9.59 Å². The van der Waals surface area contributed by atoms with Gasteiger partial charge >= 0.3 is 0 Å². The summed E-state index contributed by atoms with van der Waals surface area (Å²) in [6.45, 7) is 1.44. The number of fused-ring (bicyclic) bond motifs is 1. The molecule has 144 valence electrons. The predicted octanol–water partition coefficient (Wildman–Crippen LogP) is 4.50. The monoisotopic (exact) mass is 402 g/mol. The molecule has 4 rings (SSSR count). The van der Waals surface area contributed by atoms with Crippen LogP contribution in [-0.2, 0) is 12.8 Å². The van der Waals surface area contributed by atoms with Crippen LogP contribution in [0, 0.1) is 0 Å². The van der Waals surface area contributed by atoms with Gasteiger partial charge in [0.25, 0.3) is 11.8 Å². The van der Waals surface area contributed by atoms with Crippen molar-refractivity contribution in [3.8, 4) is 0 Å². The fourth-order valence-corrected chi connectivity index (χ4v) is 5.85. The Morgan fingerprint density at radius 3 is 2.59 bits per heavy atom. The number of hydrogen-bond acceptors (Lipinski definition) is 4. The molecule has 2 amide bonds. The van der Waals surface area contributed by atoms with Crippen molar-refractivity contribution in [1.29, 1.82) is 0 Å². The third kappa shape index (κ3) is 4.43. The molecule has 0 atom stereocenters. The topological polar surface area (TPSA) is 49.4 Å².